The van der Waals surface area contributed by atoms with Gasteiger partial charge >= 0.3 is 0 Å². The summed E-state index contributed by atoms with van der Waals surface area (Å²) in [5.74, 6) is -0.0766. The van der Waals surface area contributed by atoms with Crippen LogP contribution >= 0.6 is 0 Å². The molecule has 0 unspecified atom stereocenters. The van der Waals surface area contributed by atoms with E-state index in [0.717, 1.165) is 17.2 Å². The SMILES string of the molecule is CCCOc1ccc(NC(=O)c2nn(-c3ccccc3OC)c(=O)cc2O)cc1. The highest BCUT2D eigenvalue weighted by Crippen LogP contribution is 2.22. The topological polar surface area (TPSA) is 103 Å². The van der Waals surface area contributed by atoms with Crippen molar-refractivity contribution in [1.29, 1.82) is 0 Å². The Morgan fingerprint density at radius 3 is 2.59 bits per heavy atom. The highest BCUT2D eigenvalue weighted by Gasteiger charge is 2.18. The van der Waals surface area contributed by atoms with Gasteiger partial charge in [0, 0.05) is 11.8 Å². The Hall–Kier alpha value is -3.81. The Labute approximate surface area is 167 Å². The van der Waals surface area contributed by atoms with Crippen molar-refractivity contribution < 1.29 is 19.4 Å². The van der Waals surface area contributed by atoms with E-state index in [0.29, 0.717) is 29.5 Å². The summed E-state index contributed by atoms with van der Waals surface area (Å²) in [4.78, 5) is 24.9. The van der Waals surface area contributed by atoms with Gasteiger partial charge in [-0.3, -0.25) is 9.59 Å². The maximum Gasteiger partial charge on any atom is 0.279 e. The zero-order valence-electron chi connectivity index (χ0n) is 16.1. The summed E-state index contributed by atoms with van der Waals surface area (Å²) < 4.78 is 11.8. The molecular weight excluding hydrogens is 374 g/mol. The molecule has 0 aliphatic rings. The lowest BCUT2D eigenvalue weighted by molar-refractivity contribution is 0.101. The first-order valence-corrected chi connectivity index (χ1v) is 9.04. The highest BCUT2D eigenvalue weighted by atomic mass is 16.5. The van der Waals surface area contributed by atoms with E-state index in [9.17, 15) is 14.7 Å². The second-order valence-electron chi connectivity index (χ2n) is 6.13. The fraction of sp³-hybridized carbons (Fsp3) is 0.190. The molecule has 29 heavy (non-hydrogen) atoms. The van der Waals surface area contributed by atoms with E-state index in [1.54, 1.807) is 48.5 Å². The standard InChI is InChI=1S/C21H21N3O5/c1-3-12-29-15-10-8-14(9-11-15)22-21(27)20-17(25)13-19(26)24(23-20)16-6-4-5-7-18(16)28-2/h4-11,13,25H,3,12H2,1-2H3,(H,22,27). The van der Waals surface area contributed by atoms with Gasteiger partial charge in [-0.25, -0.2) is 0 Å². The first-order chi connectivity index (χ1) is 14.0. The molecule has 1 amide bonds. The predicted octanol–water partition coefficient (Wildman–Crippen LogP) is 2.99. The number of nitrogens with zero attached hydrogens (tertiary/aromatic N) is 2. The molecule has 0 saturated heterocycles. The van der Waals surface area contributed by atoms with Crippen LogP contribution in [0.15, 0.2) is 59.4 Å². The van der Waals surface area contributed by atoms with Crippen molar-refractivity contribution in [3.05, 3.63) is 70.6 Å². The molecule has 0 bridgehead atoms. The normalized spacial score (nSPS) is 10.4. The molecule has 3 aromatic rings. The number of hydrogen-bond acceptors (Lipinski definition) is 6. The molecule has 2 aromatic carbocycles. The van der Waals surface area contributed by atoms with Crippen LogP contribution in [0.3, 0.4) is 0 Å². The van der Waals surface area contributed by atoms with Crippen LogP contribution in [0.5, 0.6) is 17.2 Å². The van der Waals surface area contributed by atoms with Gasteiger partial charge < -0.3 is 19.9 Å². The van der Waals surface area contributed by atoms with E-state index in [-0.39, 0.29) is 5.69 Å². The molecule has 0 aliphatic carbocycles. The summed E-state index contributed by atoms with van der Waals surface area (Å²) in [6, 6.07) is 14.5. The average molecular weight is 395 g/mol. The molecule has 8 heteroatoms. The lowest BCUT2D eigenvalue weighted by Crippen LogP contribution is -2.25. The van der Waals surface area contributed by atoms with Crippen LogP contribution in [-0.2, 0) is 0 Å². The number of carbonyl (C=O) groups excluding carboxylic acids is 1. The number of ether oxygens (including phenoxy) is 2. The van der Waals surface area contributed by atoms with Crippen LogP contribution in [0, 0.1) is 0 Å². The number of aromatic nitrogens is 2. The van der Waals surface area contributed by atoms with Crippen LogP contribution in [0.4, 0.5) is 5.69 Å². The molecule has 8 nitrogen and oxygen atoms in total. The van der Waals surface area contributed by atoms with Crippen LogP contribution in [-0.4, -0.2) is 34.5 Å². The zero-order chi connectivity index (χ0) is 20.8. The molecule has 0 radical (unpaired) electrons. The maximum atomic E-state index is 12.6. The number of hydrogen-bond donors (Lipinski definition) is 2. The fourth-order valence-corrected chi connectivity index (χ4v) is 2.63. The van der Waals surface area contributed by atoms with E-state index in [2.05, 4.69) is 10.4 Å². The summed E-state index contributed by atoms with van der Waals surface area (Å²) >= 11 is 0. The van der Waals surface area contributed by atoms with Gasteiger partial charge in [-0.1, -0.05) is 19.1 Å². The minimum atomic E-state index is -0.659. The molecule has 0 fully saturated rings. The number of methoxy groups -OCH3 is 1. The third kappa shape index (κ3) is 4.55. The van der Waals surface area contributed by atoms with E-state index in [4.69, 9.17) is 9.47 Å². The molecular formula is C21H21N3O5. The van der Waals surface area contributed by atoms with Crippen molar-refractivity contribution in [3.8, 4) is 22.9 Å². The minimum absolute atomic E-state index is 0.290. The average Bonchev–Trinajstić information content (AvgIpc) is 2.73. The van der Waals surface area contributed by atoms with Gasteiger partial charge in [0.2, 0.25) is 0 Å². The number of nitrogens with one attached hydrogen (secondary N) is 1. The Balaban J connectivity index is 1.88. The Kier molecular flexibility index (Phi) is 6.13. The third-order valence-corrected chi connectivity index (χ3v) is 4.03. The number of para-hydroxylation sites is 2. The van der Waals surface area contributed by atoms with E-state index >= 15 is 0 Å². The Morgan fingerprint density at radius 2 is 1.90 bits per heavy atom. The van der Waals surface area contributed by atoms with Gasteiger partial charge in [-0.05, 0) is 42.8 Å². The number of rotatable bonds is 7. The number of aromatic hydroxyl groups is 1. The lowest BCUT2D eigenvalue weighted by atomic mass is 10.2. The van der Waals surface area contributed by atoms with Gasteiger partial charge in [-0.2, -0.15) is 9.78 Å². The van der Waals surface area contributed by atoms with Crippen molar-refractivity contribution in [2.45, 2.75) is 13.3 Å². The van der Waals surface area contributed by atoms with Gasteiger partial charge in [0.25, 0.3) is 11.5 Å². The van der Waals surface area contributed by atoms with Crippen LogP contribution in [0.2, 0.25) is 0 Å². The van der Waals surface area contributed by atoms with E-state index < -0.39 is 17.2 Å². The smallest absolute Gasteiger partial charge is 0.279 e. The van der Waals surface area contributed by atoms with Gasteiger partial charge in [-0.15, -0.1) is 0 Å². The number of amides is 1. The molecule has 3 rings (SSSR count). The summed E-state index contributed by atoms with van der Waals surface area (Å²) in [5.41, 5.74) is -0.0376. The van der Waals surface area contributed by atoms with Crippen molar-refractivity contribution in [1.82, 2.24) is 9.78 Å². The molecule has 150 valence electrons. The van der Waals surface area contributed by atoms with Gasteiger partial charge in [0.1, 0.15) is 17.2 Å². The van der Waals surface area contributed by atoms with Crippen LogP contribution < -0.4 is 20.3 Å². The lowest BCUT2D eigenvalue weighted by Gasteiger charge is -2.12. The van der Waals surface area contributed by atoms with E-state index in [1.165, 1.54) is 7.11 Å². The second-order valence-corrected chi connectivity index (χ2v) is 6.13. The third-order valence-electron chi connectivity index (χ3n) is 4.03. The first-order valence-electron chi connectivity index (χ1n) is 9.04. The van der Waals surface area contributed by atoms with Crippen LogP contribution in [0.25, 0.3) is 5.69 Å². The molecule has 0 atom stereocenters. The summed E-state index contributed by atoms with van der Waals surface area (Å²) in [7, 11) is 1.46. The Morgan fingerprint density at radius 1 is 1.17 bits per heavy atom. The maximum absolute atomic E-state index is 12.6. The predicted molar refractivity (Wildman–Crippen MR) is 108 cm³/mol. The second kappa shape index (κ2) is 8.92. The zero-order valence-corrected chi connectivity index (χ0v) is 16.1. The van der Waals surface area contributed by atoms with Crippen molar-refractivity contribution >= 4 is 11.6 Å². The van der Waals surface area contributed by atoms with Crippen molar-refractivity contribution in [2.24, 2.45) is 0 Å². The summed E-state index contributed by atoms with van der Waals surface area (Å²) in [5, 5.41) is 16.8. The van der Waals surface area contributed by atoms with Crippen LogP contribution in [0.1, 0.15) is 23.8 Å². The molecule has 0 spiro atoms. The van der Waals surface area contributed by atoms with Gasteiger partial charge in [0.15, 0.2) is 11.4 Å². The summed E-state index contributed by atoms with van der Waals surface area (Å²) in [6.45, 7) is 2.62. The number of anilines is 1. The number of benzene rings is 2. The summed E-state index contributed by atoms with van der Waals surface area (Å²) in [6.07, 6.45) is 0.894. The van der Waals surface area contributed by atoms with Crippen molar-refractivity contribution in [2.75, 3.05) is 19.0 Å². The molecule has 2 N–H and O–H groups in total. The molecule has 0 aliphatic heterocycles. The minimum Gasteiger partial charge on any atom is -0.505 e. The molecule has 1 aromatic heterocycles. The number of carbonyl (C=O) groups is 1. The fourth-order valence-electron chi connectivity index (χ4n) is 2.63. The van der Waals surface area contributed by atoms with Crippen molar-refractivity contribution in [3.63, 3.8) is 0 Å². The highest BCUT2D eigenvalue weighted by molar-refractivity contribution is 6.04. The Bertz CT molecular complexity index is 1060. The monoisotopic (exact) mass is 395 g/mol. The van der Waals surface area contributed by atoms with Gasteiger partial charge in [0.05, 0.1) is 13.7 Å². The quantitative estimate of drug-likeness (QED) is 0.638. The largest absolute Gasteiger partial charge is 0.505 e. The molecule has 0 saturated carbocycles. The first kappa shape index (κ1) is 19.9. The van der Waals surface area contributed by atoms with E-state index in [1.807, 2.05) is 6.92 Å². The molecule has 1 heterocycles.